The van der Waals surface area contributed by atoms with Gasteiger partial charge in [0.25, 0.3) is 5.91 Å². The van der Waals surface area contributed by atoms with Crippen LogP contribution in [0.25, 0.3) is 11.2 Å². The van der Waals surface area contributed by atoms with Gasteiger partial charge in [-0.15, -0.1) is 0 Å². The van der Waals surface area contributed by atoms with Crippen molar-refractivity contribution in [3.63, 3.8) is 0 Å². The minimum absolute atomic E-state index is 0.00915. The number of aromatic nitrogens is 5. The third-order valence-corrected chi connectivity index (χ3v) is 6.91. The topological polar surface area (TPSA) is 86.7 Å². The zero-order chi connectivity index (χ0) is 24.1. The summed E-state index contributed by atoms with van der Waals surface area (Å²) in [5.74, 6) is 0.0805. The lowest BCUT2D eigenvalue weighted by molar-refractivity contribution is 0.0831. The lowest BCUT2D eigenvalue weighted by Crippen LogP contribution is -2.48. The summed E-state index contributed by atoms with van der Waals surface area (Å²) >= 11 is 0. The van der Waals surface area contributed by atoms with Crippen LogP contribution in [-0.2, 0) is 20.6 Å². The number of nitrogens with one attached hydrogen (secondary N) is 1. The summed E-state index contributed by atoms with van der Waals surface area (Å²) in [6, 6.07) is 5.84. The van der Waals surface area contributed by atoms with E-state index in [1.165, 1.54) is 0 Å². The van der Waals surface area contributed by atoms with Crippen molar-refractivity contribution in [2.45, 2.75) is 72.4 Å². The lowest BCUT2D eigenvalue weighted by atomic mass is 9.68. The first kappa shape index (κ1) is 23.3. The fraction of sp³-hybridized carbons (Fsp3) is 0.600. The minimum atomic E-state index is -0.139. The summed E-state index contributed by atoms with van der Waals surface area (Å²) in [7, 11) is 3.60. The van der Waals surface area contributed by atoms with Crippen molar-refractivity contribution in [1.82, 2.24) is 29.2 Å². The fourth-order valence-electron chi connectivity index (χ4n) is 4.88. The van der Waals surface area contributed by atoms with Crippen LogP contribution in [0.5, 0.6) is 0 Å². The number of aryl methyl sites for hydroxylation is 2. The van der Waals surface area contributed by atoms with Crippen LogP contribution in [0.2, 0.25) is 0 Å². The molecule has 3 aromatic heterocycles. The van der Waals surface area contributed by atoms with E-state index in [1.54, 1.807) is 35.6 Å². The molecule has 0 radical (unpaired) electrons. The molecule has 0 spiro atoms. The van der Waals surface area contributed by atoms with Crippen molar-refractivity contribution < 1.29 is 4.79 Å². The predicted molar refractivity (Wildman–Crippen MR) is 129 cm³/mol. The molecular formula is C25H36N6O2. The Labute approximate surface area is 195 Å². The fourth-order valence-corrected chi connectivity index (χ4v) is 4.88. The number of carbonyl (C=O) groups excluding carboxylic acids is 1. The number of imidazole rings is 1. The summed E-state index contributed by atoms with van der Waals surface area (Å²) in [5, 5.41) is 7.46. The van der Waals surface area contributed by atoms with Gasteiger partial charge in [0.15, 0.2) is 5.65 Å². The molecule has 178 valence electrons. The Kier molecular flexibility index (Phi) is 5.75. The van der Waals surface area contributed by atoms with Crippen molar-refractivity contribution >= 4 is 17.1 Å². The van der Waals surface area contributed by atoms with Gasteiger partial charge in [-0.2, -0.15) is 5.10 Å². The third-order valence-electron chi connectivity index (χ3n) is 6.91. The molecule has 1 amide bonds. The highest BCUT2D eigenvalue weighted by Gasteiger charge is 2.38. The number of pyridine rings is 1. The molecule has 8 nitrogen and oxygen atoms in total. The maximum Gasteiger partial charge on any atom is 0.330 e. The summed E-state index contributed by atoms with van der Waals surface area (Å²) in [6.45, 7) is 11.4. The average molecular weight is 453 g/mol. The van der Waals surface area contributed by atoms with E-state index >= 15 is 0 Å². The zero-order valence-corrected chi connectivity index (χ0v) is 20.8. The number of amides is 1. The Balaban J connectivity index is 1.60. The van der Waals surface area contributed by atoms with Crippen LogP contribution in [0.15, 0.2) is 29.2 Å². The molecule has 3 heterocycles. The number of carbonyl (C=O) groups is 1. The molecule has 1 fully saturated rings. The van der Waals surface area contributed by atoms with Crippen molar-refractivity contribution in [2.75, 3.05) is 0 Å². The van der Waals surface area contributed by atoms with Crippen LogP contribution in [0.4, 0.5) is 0 Å². The molecule has 8 heteroatoms. The SMILES string of the molecule is Cn1ccc(C(=O)NC2CC(c3ccc4c(n3)n(C)c(=O)n4CC(C)(C)C)CCC2(C)C)n1. The quantitative estimate of drug-likeness (QED) is 0.655. The summed E-state index contributed by atoms with van der Waals surface area (Å²) in [5.41, 5.74) is 2.95. The number of rotatable bonds is 4. The Morgan fingerprint density at radius 2 is 1.94 bits per heavy atom. The first-order chi connectivity index (χ1) is 15.4. The monoisotopic (exact) mass is 452 g/mol. The van der Waals surface area contributed by atoms with Gasteiger partial charge in [0.2, 0.25) is 0 Å². The van der Waals surface area contributed by atoms with E-state index in [1.807, 2.05) is 10.6 Å². The van der Waals surface area contributed by atoms with Gasteiger partial charge in [-0.1, -0.05) is 34.6 Å². The van der Waals surface area contributed by atoms with Crippen LogP contribution in [0.3, 0.4) is 0 Å². The van der Waals surface area contributed by atoms with Gasteiger partial charge in [0.05, 0.1) is 5.52 Å². The maximum atomic E-state index is 12.9. The third kappa shape index (κ3) is 4.61. The molecule has 1 saturated carbocycles. The predicted octanol–water partition coefficient (Wildman–Crippen LogP) is 3.61. The number of nitrogens with zero attached hydrogens (tertiary/aromatic N) is 5. The Hall–Kier alpha value is -2.90. The van der Waals surface area contributed by atoms with Crippen LogP contribution >= 0.6 is 0 Å². The van der Waals surface area contributed by atoms with Crippen molar-refractivity contribution in [1.29, 1.82) is 0 Å². The highest BCUT2D eigenvalue weighted by molar-refractivity contribution is 5.92. The van der Waals surface area contributed by atoms with Crippen LogP contribution in [0, 0.1) is 10.8 Å². The normalized spacial score (nSPS) is 20.8. The van der Waals surface area contributed by atoms with Gasteiger partial charge in [-0.05, 0) is 48.3 Å². The first-order valence-corrected chi connectivity index (χ1v) is 11.7. The molecular weight excluding hydrogens is 416 g/mol. The summed E-state index contributed by atoms with van der Waals surface area (Å²) < 4.78 is 5.11. The molecule has 1 aliphatic carbocycles. The molecule has 1 N–H and O–H groups in total. The van der Waals surface area contributed by atoms with Crippen LogP contribution in [0.1, 0.15) is 76.0 Å². The molecule has 2 unspecified atom stereocenters. The highest BCUT2D eigenvalue weighted by atomic mass is 16.2. The standard InChI is InChI=1S/C25H36N6O2/c1-24(2,3)15-31-19-9-8-17(26-21(19)30(7)23(31)33)16-10-12-25(4,5)20(14-16)27-22(32)18-11-13-29(6)28-18/h8-9,11,13,16,20H,10,12,14-15H2,1-7H3,(H,27,32). The number of hydrogen-bond acceptors (Lipinski definition) is 4. The maximum absolute atomic E-state index is 12.9. The molecule has 3 aromatic rings. The van der Waals surface area contributed by atoms with Crippen molar-refractivity contribution in [3.8, 4) is 0 Å². The molecule has 2 atom stereocenters. The minimum Gasteiger partial charge on any atom is -0.347 e. The molecule has 0 bridgehead atoms. The molecule has 0 aromatic carbocycles. The van der Waals surface area contributed by atoms with E-state index in [-0.39, 0.29) is 34.4 Å². The molecule has 1 aliphatic rings. The lowest BCUT2D eigenvalue weighted by Gasteiger charge is -2.42. The van der Waals surface area contributed by atoms with E-state index in [9.17, 15) is 9.59 Å². The van der Waals surface area contributed by atoms with E-state index in [4.69, 9.17) is 4.98 Å². The molecule has 0 saturated heterocycles. The largest absolute Gasteiger partial charge is 0.347 e. The van der Waals surface area contributed by atoms with Crippen molar-refractivity contribution in [3.05, 3.63) is 46.3 Å². The van der Waals surface area contributed by atoms with Crippen LogP contribution in [-0.4, -0.2) is 35.8 Å². The van der Waals surface area contributed by atoms with Gasteiger partial charge < -0.3 is 5.32 Å². The molecule has 0 aliphatic heterocycles. The average Bonchev–Trinajstić information content (AvgIpc) is 3.26. The van der Waals surface area contributed by atoms with Gasteiger partial charge in [-0.25, -0.2) is 9.78 Å². The van der Waals surface area contributed by atoms with Gasteiger partial charge in [0.1, 0.15) is 5.69 Å². The van der Waals surface area contributed by atoms with E-state index in [2.05, 4.69) is 51.1 Å². The second-order valence-corrected chi connectivity index (χ2v) is 11.4. The first-order valence-electron chi connectivity index (χ1n) is 11.7. The summed E-state index contributed by atoms with van der Waals surface area (Å²) in [6.07, 6.45) is 4.56. The van der Waals surface area contributed by atoms with Gasteiger partial charge >= 0.3 is 5.69 Å². The highest BCUT2D eigenvalue weighted by Crippen LogP contribution is 2.42. The van der Waals surface area contributed by atoms with E-state index in [0.29, 0.717) is 12.2 Å². The smallest absolute Gasteiger partial charge is 0.330 e. The Morgan fingerprint density at radius 1 is 1.21 bits per heavy atom. The second-order valence-electron chi connectivity index (χ2n) is 11.4. The van der Waals surface area contributed by atoms with E-state index in [0.717, 1.165) is 36.1 Å². The Bertz CT molecular complexity index is 1240. The molecule has 4 rings (SSSR count). The molecule has 33 heavy (non-hydrogen) atoms. The second kappa shape index (κ2) is 8.15. The number of fused-ring (bicyclic) bond motifs is 1. The van der Waals surface area contributed by atoms with Gasteiger partial charge in [-0.3, -0.25) is 18.6 Å². The van der Waals surface area contributed by atoms with Gasteiger partial charge in [0, 0.05) is 44.5 Å². The summed E-state index contributed by atoms with van der Waals surface area (Å²) in [4.78, 5) is 30.6. The zero-order valence-electron chi connectivity index (χ0n) is 20.8. The van der Waals surface area contributed by atoms with E-state index < -0.39 is 0 Å². The number of hydrogen-bond donors (Lipinski definition) is 1. The van der Waals surface area contributed by atoms with Crippen LogP contribution < -0.4 is 11.0 Å². The van der Waals surface area contributed by atoms with Crippen molar-refractivity contribution in [2.24, 2.45) is 24.9 Å². The Morgan fingerprint density at radius 3 is 2.58 bits per heavy atom.